The first-order valence-electron chi connectivity index (χ1n) is 9.91. The summed E-state index contributed by atoms with van der Waals surface area (Å²) >= 11 is 0. The van der Waals surface area contributed by atoms with E-state index in [4.69, 9.17) is 0 Å². The zero-order chi connectivity index (χ0) is 20.5. The van der Waals surface area contributed by atoms with Gasteiger partial charge in [-0.25, -0.2) is 0 Å². The molecule has 1 aliphatic rings. The molecule has 0 aromatic heterocycles. The summed E-state index contributed by atoms with van der Waals surface area (Å²) in [6.45, 7) is 10.0. The molecule has 28 heavy (non-hydrogen) atoms. The van der Waals surface area contributed by atoms with Crippen LogP contribution in [0.5, 0.6) is 0 Å². The number of hydrogen-bond donors (Lipinski definition) is 2. The quantitative estimate of drug-likeness (QED) is 0.781. The number of benzene rings is 2. The Hall–Kier alpha value is -2.62. The third-order valence-corrected chi connectivity index (χ3v) is 5.54. The predicted molar refractivity (Wildman–Crippen MR) is 113 cm³/mol. The smallest absolute Gasteiger partial charge is 0.231 e. The average molecular weight is 379 g/mol. The zero-order valence-electron chi connectivity index (χ0n) is 17.4. The van der Waals surface area contributed by atoms with Crippen molar-refractivity contribution in [1.82, 2.24) is 5.32 Å². The number of amides is 2. The Bertz CT molecular complexity index is 874. The van der Waals surface area contributed by atoms with Gasteiger partial charge in [0.2, 0.25) is 11.8 Å². The third-order valence-electron chi connectivity index (χ3n) is 5.54. The van der Waals surface area contributed by atoms with E-state index < -0.39 is 5.41 Å². The van der Waals surface area contributed by atoms with E-state index in [2.05, 4.69) is 55.7 Å². The molecular weight excluding hydrogens is 348 g/mol. The van der Waals surface area contributed by atoms with Crippen LogP contribution in [-0.2, 0) is 20.4 Å². The molecule has 0 aliphatic heterocycles. The van der Waals surface area contributed by atoms with Crippen LogP contribution in [0.2, 0.25) is 0 Å². The lowest BCUT2D eigenvalue weighted by Gasteiger charge is -2.23. The number of carbonyl (C=O) groups is 2. The van der Waals surface area contributed by atoms with Crippen molar-refractivity contribution in [2.24, 2.45) is 0 Å². The van der Waals surface area contributed by atoms with E-state index in [1.165, 1.54) is 12.5 Å². The Morgan fingerprint density at radius 3 is 2.21 bits per heavy atom. The van der Waals surface area contributed by atoms with Gasteiger partial charge in [-0.1, -0.05) is 57.2 Å². The molecule has 2 amide bonds. The fourth-order valence-corrected chi connectivity index (χ4v) is 3.57. The van der Waals surface area contributed by atoms with Crippen molar-refractivity contribution < 1.29 is 9.59 Å². The first kappa shape index (κ1) is 20.1. The van der Waals surface area contributed by atoms with Crippen LogP contribution in [0.3, 0.4) is 0 Å². The molecule has 0 saturated heterocycles. The predicted octanol–water partition coefficient (Wildman–Crippen LogP) is 4.85. The lowest BCUT2D eigenvalue weighted by atomic mass is 9.84. The first-order valence-corrected chi connectivity index (χ1v) is 9.91. The molecule has 0 unspecified atom stereocenters. The molecule has 3 rings (SSSR count). The molecule has 4 nitrogen and oxygen atoms in total. The Kier molecular flexibility index (Phi) is 5.33. The van der Waals surface area contributed by atoms with Gasteiger partial charge in [0, 0.05) is 12.6 Å². The molecule has 0 radical (unpaired) electrons. The monoisotopic (exact) mass is 378 g/mol. The Labute approximate surface area is 167 Å². The van der Waals surface area contributed by atoms with Crippen molar-refractivity contribution in [3.8, 4) is 0 Å². The van der Waals surface area contributed by atoms with Crippen LogP contribution in [0, 0.1) is 0 Å². The maximum atomic E-state index is 13.1. The highest BCUT2D eigenvalue weighted by Crippen LogP contribution is 2.49. The largest absolute Gasteiger partial charge is 0.349 e. The standard InChI is InChI=1S/C24H30N2O2/c1-16(18-7-6-8-21(15-18)26-17(2)27)25-22(28)24(13-14-24)20-11-9-19(10-12-20)23(3,4)5/h6-12,15-16H,13-14H2,1-5H3,(H,25,28)(H,26,27)/t16-/m0/s1. The second-order valence-corrected chi connectivity index (χ2v) is 8.91. The van der Waals surface area contributed by atoms with Crippen LogP contribution in [0.15, 0.2) is 48.5 Å². The molecule has 0 spiro atoms. The summed E-state index contributed by atoms with van der Waals surface area (Å²) in [6.07, 6.45) is 1.76. The van der Waals surface area contributed by atoms with Gasteiger partial charge in [0.05, 0.1) is 11.5 Å². The van der Waals surface area contributed by atoms with Crippen LogP contribution < -0.4 is 10.6 Å². The van der Waals surface area contributed by atoms with Crippen molar-refractivity contribution in [1.29, 1.82) is 0 Å². The minimum Gasteiger partial charge on any atom is -0.349 e. The van der Waals surface area contributed by atoms with E-state index in [1.807, 2.05) is 31.2 Å². The molecule has 0 heterocycles. The maximum absolute atomic E-state index is 13.1. The number of nitrogens with one attached hydrogen (secondary N) is 2. The average Bonchev–Trinajstić information content (AvgIpc) is 3.43. The van der Waals surface area contributed by atoms with Gasteiger partial charge in [-0.2, -0.15) is 0 Å². The molecular formula is C24H30N2O2. The topological polar surface area (TPSA) is 58.2 Å². The normalized spacial score (nSPS) is 16.2. The summed E-state index contributed by atoms with van der Waals surface area (Å²) in [7, 11) is 0. The molecule has 2 N–H and O–H groups in total. The van der Waals surface area contributed by atoms with Crippen LogP contribution in [0.4, 0.5) is 5.69 Å². The van der Waals surface area contributed by atoms with Gasteiger partial charge in [-0.05, 0) is 54.0 Å². The molecule has 1 aliphatic carbocycles. The van der Waals surface area contributed by atoms with Crippen molar-refractivity contribution in [2.45, 2.75) is 64.3 Å². The third kappa shape index (κ3) is 4.27. The van der Waals surface area contributed by atoms with Crippen molar-refractivity contribution >= 4 is 17.5 Å². The highest BCUT2D eigenvalue weighted by Gasteiger charge is 2.51. The van der Waals surface area contributed by atoms with Gasteiger partial charge in [-0.15, -0.1) is 0 Å². The van der Waals surface area contributed by atoms with Gasteiger partial charge >= 0.3 is 0 Å². The summed E-state index contributed by atoms with van der Waals surface area (Å²) in [5, 5.41) is 5.96. The maximum Gasteiger partial charge on any atom is 0.231 e. The van der Waals surface area contributed by atoms with E-state index in [9.17, 15) is 9.59 Å². The van der Waals surface area contributed by atoms with Crippen LogP contribution in [-0.4, -0.2) is 11.8 Å². The zero-order valence-corrected chi connectivity index (χ0v) is 17.4. The highest BCUT2D eigenvalue weighted by molar-refractivity contribution is 5.91. The number of hydrogen-bond acceptors (Lipinski definition) is 2. The molecule has 1 saturated carbocycles. The summed E-state index contributed by atoms with van der Waals surface area (Å²) in [5.74, 6) is -0.0297. The fourth-order valence-electron chi connectivity index (χ4n) is 3.57. The lowest BCUT2D eigenvalue weighted by Crippen LogP contribution is -2.36. The van der Waals surface area contributed by atoms with E-state index in [1.54, 1.807) is 0 Å². The minimum absolute atomic E-state index is 0.0773. The molecule has 4 heteroatoms. The fraction of sp³-hybridized carbons (Fsp3) is 0.417. The molecule has 1 fully saturated rings. The summed E-state index contributed by atoms with van der Waals surface area (Å²) in [5.41, 5.74) is 3.78. The molecule has 2 aromatic carbocycles. The van der Waals surface area contributed by atoms with Gasteiger partial charge < -0.3 is 10.6 Å². The lowest BCUT2D eigenvalue weighted by molar-refractivity contribution is -0.124. The number of rotatable bonds is 5. The Balaban J connectivity index is 1.73. The highest BCUT2D eigenvalue weighted by atomic mass is 16.2. The van der Waals surface area contributed by atoms with E-state index >= 15 is 0 Å². The first-order chi connectivity index (χ1) is 13.1. The molecule has 1 atom stereocenters. The van der Waals surface area contributed by atoms with Crippen LogP contribution in [0.25, 0.3) is 0 Å². The van der Waals surface area contributed by atoms with Gasteiger partial charge in [0.1, 0.15) is 0 Å². The Morgan fingerprint density at radius 2 is 1.68 bits per heavy atom. The molecule has 0 bridgehead atoms. The van der Waals surface area contributed by atoms with Crippen molar-refractivity contribution in [3.63, 3.8) is 0 Å². The second-order valence-electron chi connectivity index (χ2n) is 8.91. The van der Waals surface area contributed by atoms with Gasteiger partial charge in [0.15, 0.2) is 0 Å². The van der Waals surface area contributed by atoms with Crippen molar-refractivity contribution in [2.75, 3.05) is 5.32 Å². The van der Waals surface area contributed by atoms with E-state index in [-0.39, 0.29) is 23.3 Å². The van der Waals surface area contributed by atoms with Crippen LogP contribution in [0.1, 0.15) is 70.2 Å². The minimum atomic E-state index is -0.403. The summed E-state index contributed by atoms with van der Waals surface area (Å²) in [6, 6.07) is 16.0. The summed E-state index contributed by atoms with van der Waals surface area (Å²) < 4.78 is 0. The molecule has 148 valence electrons. The van der Waals surface area contributed by atoms with Gasteiger partial charge in [-0.3, -0.25) is 9.59 Å². The number of carbonyl (C=O) groups excluding carboxylic acids is 2. The van der Waals surface area contributed by atoms with E-state index in [0.717, 1.165) is 29.7 Å². The molecule has 2 aromatic rings. The number of anilines is 1. The second kappa shape index (κ2) is 7.42. The summed E-state index contributed by atoms with van der Waals surface area (Å²) in [4.78, 5) is 24.3. The van der Waals surface area contributed by atoms with Gasteiger partial charge in [0.25, 0.3) is 0 Å². The Morgan fingerprint density at radius 1 is 1.04 bits per heavy atom. The van der Waals surface area contributed by atoms with E-state index in [0.29, 0.717) is 0 Å². The SMILES string of the molecule is CC(=O)Nc1cccc([C@H](C)NC(=O)C2(c3ccc(C(C)(C)C)cc3)CC2)c1. The van der Waals surface area contributed by atoms with Crippen molar-refractivity contribution in [3.05, 3.63) is 65.2 Å². The van der Waals surface area contributed by atoms with Crippen LogP contribution >= 0.6 is 0 Å².